The zero-order chi connectivity index (χ0) is 20.4. The molecular formula is C21H25N5O3. The first-order valence-electron chi connectivity index (χ1n) is 10.2. The third kappa shape index (κ3) is 3.92. The first-order valence-corrected chi connectivity index (χ1v) is 10.2. The summed E-state index contributed by atoms with van der Waals surface area (Å²) >= 11 is 0. The van der Waals surface area contributed by atoms with Gasteiger partial charge in [-0.15, -0.1) is 10.2 Å². The zero-order valence-electron chi connectivity index (χ0n) is 16.6. The van der Waals surface area contributed by atoms with Crippen molar-refractivity contribution in [3.05, 3.63) is 46.5 Å². The van der Waals surface area contributed by atoms with Gasteiger partial charge in [-0.3, -0.25) is 19.3 Å². The molecule has 0 spiro atoms. The maximum atomic E-state index is 12.5. The maximum Gasteiger partial charge on any atom is 0.261 e. The Bertz CT molecular complexity index is 965. The van der Waals surface area contributed by atoms with Crippen LogP contribution in [-0.4, -0.2) is 43.9 Å². The molecule has 0 saturated carbocycles. The number of rotatable bonds is 6. The minimum Gasteiger partial charge on any atom is -0.349 e. The number of nitrogens with one attached hydrogen (secondary N) is 1. The minimum atomic E-state index is -0.281. The molecule has 1 aromatic carbocycles. The molecule has 2 aliphatic rings. The third-order valence-electron chi connectivity index (χ3n) is 5.54. The van der Waals surface area contributed by atoms with Gasteiger partial charge >= 0.3 is 0 Å². The van der Waals surface area contributed by atoms with Crippen molar-refractivity contribution < 1.29 is 14.4 Å². The highest BCUT2D eigenvalue weighted by atomic mass is 16.2. The van der Waals surface area contributed by atoms with Crippen LogP contribution in [0, 0.1) is 6.92 Å². The molecule has 3 amide bonds. The van der Waals surface area contributed by atoms with E-state index < -0.39 is 0 Å². The third-order valence-corrected chi connectivity index (χ3v) is 5.54. The predicted octanol–water partition coefficient (Wildman–Crippen LogP) is 2.01. The van der Waals surface area contributed by atoms with E-state index in [1.807, 2.05) is 13.0 Å². The average molecular weight is 395 g/mol. The molecule has 8 heteroatoms. The van der Waals surface area contributed by atoms with Crippen molar-refractivity contribution in [3.63, 3.8) is 0 Å². The highest BCUT2D eigenvalue weighted by Crippen LogP contribution is 2.24. The fourth-order valence-corrected chi connectivity index (χ4v) is 3.95. The molecule has 0 aliphatic carbocycles. The maximum absolute atomic E-state index is 12.5. The van der Waals surface area contributed by atoms with E-state index in [4.69, 9.17) is 0 Å². The number of aryl methyl sites for hydroxylation is 2. The van der Waals surface area contributed by atoms with E-state index >= 15 is 0 Å². The first kappa shape index (κ1) is 19.3. The van der Waals surface area contributed by atoms with Crippen LogP contribution in [0.3, 0.4) is 0 Å². The van der Waals surface area contributed by atoms with E-state index in [-0.39, 0.29) is 30.7 Å². The summed E-state index contributed by atoms with van der Waals surface area (Å²) in [5.74, 6) is 1.10. The molecule has 2 aliphatic heterocycles. The van der Waals surface area contributed by atoms with Gasteiger partial charge < -0.3 is 9.88 Å². The molecule has 3 heterocycles. The van der Waals surface area contributed by atoms with E-state index in [0.717, 1.165) is 43.0 Å². The van der Waals surface area contributed by atoms with Gasteiger partial charge in [0.15, 0.2) is 5.82 Å². The number of amides is 3. The number of hydrogen-bond donors (Lipinski definition) is 1. The van der Waals surface area contributed by atoms with Gasteiger partial charge in [-0.25, -0.2) is 0 Å². The van der Waals surface area contributed by atoms with Gasteiger partial charge in [-0.05, 0) is 38.3 Å². The van der Waals surface area contributed by atoms with Gasteiger partial charge in [0, 0.05) is 25.9 Å². The monoisotopic (exact) mass is 395 g/mol. The summed E-state index contributed by atoms with van der Waals surface area (Å²) in [5.41, 5.74) is 1.84. The Balaban J connectivity index is 1.26. The lowest BCUT2D eigenvalue weighted by Gasteiger charge is -2.13. The summed E-state index contributed by atoms with van der Waals surface area (Å²) in [6.07, 6.45) is 5.02. The summed E-state index contributed by atoms with van der Waals surface area (Å²) in [5, 5.41) is 11.3. The molecule has 4 rings (SSSR count). The molecule has 152 valence electrons. The summed E-state index contributed by atoms with van der Waals surface area (Å²) in [7, 11) is 0. The summed E-state index contributed by atoms with van der Waals surface area (Å²) in [6, 6.07) is 5.26. The van der Waals surface area contributed by atoms with Crippen LogP contribution in [0.5, 0.6) is 0 Å². The lowest BCUT2D eigenvalue weighted by atomic mass is 10.1. The van der Waals surface area contributed by atoms with E-state index in [0.29, 0.717) is 24.1 Å². The Kier molecular flexibility index (Phi) is 5.42. The molecule has 29 heavy (non-hydrogen) atoms. The van der Waals surface area contributed by atoms with Crippen LogP contribution in [-0.2, 0) is 24.3 Å². The second-order valence-corrected chi connectivity index (χ2v) is 7.69. The van der Waals surface area contributed by atoms with Crippen LogP contribution in [0.2, 0.25) is 0 Å². The van der Waals surface area contributed by atoms with Gasteiger partial charge in [0.05, 0.1) is 17.7 Å². The molecule has 8 nitrogen and oxygen atoms in total. The molecule has 1 aromatic heterocycles. The Morgan fingerprint density at radius 1 is 1.10 bits per heavy atom. The van der Waals surface area contributed by atoms with E-state index in [1.54, 1.807) is 12.1 Å². The number of nitrogens with zero attached hydrogens (tertiary/aromatic N) is 4. The number of fused-ring (bicyclic) bond motifs is 2. The summed E-state index contributed by atoms with van der Waals surface area (Å²) in [6.45, 7) is 3.36. The van der Waals surface area contributed by atoms with Gasteiger partial charge in [0.25, 0.3) is 11.8 Å². The lowest BCUT2D eigenvalue weighted by molar-refractivity contribution is -0.121. The minimum absolute atomic E-state index is 0.122. The smallest absolute Gasteiger partial charge is 0.261 e. The van der Waals surface area contributed by atoms with Crippen LogP contribution in [0.1, 0.15) is 70.0 Å². The molecule has 0 radical (unpaired) electrons. The number of carbonyl (C=O) groups excluding carboxylic acids is 3. The molecule has 0 fully saturated rings. The van der Waals surface area contributed by atoms with Crippen LogP contribution < -0.4 is 5.32 Å². The van der Waals surface area contributed by atoms with Crippen molar-refractivity contribution in [2.45, 2.75) is 58.5 Å². The van der Waals surface area contributed by atoms with Gasteiger partial charge in [0.1, 0.15) is 5.82 Å². The molecule has 0 bridgehead atoms. The summed E-state index contributed by atoms with van der Waals surface area (Å²) < 4.78 is 2.11. The second-order valence-electron chi connectivity index (χ2n) is 7.69. The van der Waals surface area contributed by atoms with E-state index in [2.05, 4.69) is 20.1 Å². The topological polar surface area (TPSA) is 97.2 Å². The standard InChI is InChI=1S/C21H25N5O3/c1-14-8-9-15-16(12-14)21(29)26(20(15)28)11-5-7-19(27)22-13-18-24-23-17-6-3-2-4-10-25(17)18/h8-9,12H,2-7,10-11,13H2,1H3,(H,22,27). The normalized spacial score (nSPS) is 15.8. The van der Waals surface area contributed by atoms with Crippen LogP contribution in [0.25, 0.3) is 0 Å². The quantitative estimate of drug-likeness (QED) is 0.755. The summed E-state index contributed by atoms with van der Waals surface area (Å²) in [4.78, 5) is 38.3. The number of imide groups is 1. The Morgan fingerprint density at radius 3 is 2.79 bits per heavy atom. The Labute approximate surface area is 169 Å². The molecule has 0 saturated heterocycles. The van der Waals surface area contributed by atoms with Crippen molar-refractivity contribution in [3.8, 4) is 0 Å². The SMILES string of the molecule is Cc1ccc2c(c1)C(=O)N(CCCC(=O)NCc1nnc3n1CCCCC3)C2=O. The number of carbonyl (C=O) groups is 3. The van der Waals surface area contributed by atoms with Crippen molar-refractivity contribution in [2.75, 3.05) is 6.54 Å². The van der Waals surface area contributed by atoms with Crippen molar-refractivity contribution in [1.82, 2.24) is 25.0 Å². The zero-order valence-corrected chi connectivity index (χ0v) is 16.6. The van der Waals surface area contributed by atoms with Gasteiger partial charge in [0.2, 0.25) is 5.91 Å². The molecular weight excluding hydrogens is 370 g/mol. The lowest BCUT2D eigenvalue weighted by Crippen LogP contribution is -2.32. The van der Waals surface area contributed by atoms with E-state index in [1.165, 1.54) is 11.3 Å². The largest absolute Gasteiger partial charge is 0.349 e. The van der Waals surface area contributed by atoms with Crippen LogP contribution in [0.4, 0.5) is 0 Å². The predicted molar refractivity (Wildman–Crippen MR) is 105 cm³/mol. The first-order chi connectivity index (χ1) is 14.0. The van der Waals surface area contributed by atoms with Crippen LogP contribution >= 0.6 is 0 Å². The second kappa shape index (κ2) is 8.14. The highest BCUT2D eigenvalue weighted by Gasteiger charge is 2.34. The fourth-order valence-electron chi connectivity index (χ4n) is 3.95. The molecule has 0 atom stereocenters. The van der Waals surface area contributed by atoms with Crippen LogP contribution in [0.15, 0.2) is 18.2 Å². The molecule has 1 N–H and O–H groups in total. The number of benzene rings is 1. The number of aromatic nitrogens is 3. The Morgan fingerprint density at radius 2 is 1.93 bits per heavy atom. The van der Waals surface area contributed by atoms with Gasteiger partial charge in [-0.2, -0.15) is 0 Å². The molecule has 0 unspecified atom stereocenters. The average Bonchev–Trinajstić information content (AvgIpc) is 3.07. The highest BCUT2D eigenvalue weighted by molar-refractivity contribution is 6.21. The van der Waals surface area contributed by atoms with Crippen molar-refractivity contribution in [1.29, 1.82) is 0 Å². The Hall–Kier alpha value is -3.03. The van der Waals surface area contributed by atoms with E-state index in [9.17, 15) is 14.4 Å². The van der Waals surface area contributed by atoms with Gasteiger partial charge in [-0.1, -0.05) is 18.1 Å². The molecule has 2 aromatic rings. The van der Waals surface area contributed by atoms with Crippen molar-refractivity contribution >= 4 is 17.7 Å². The number of hydrogen-bond acceptors (Lipinski definition) is 5. The fraction of sp³-hybridized carbons (Fsp3) is 0.476. The van der Waals surface area contributed by atoms with Crippen molar-refractivity contribution in [2.24, 2.45) is 0 Å².